The lowest BCUT2D eigenvalue weighted by molar-refractivity contribution is -0.384. The number of nitro benzene ring substituents is 1. The second-order valence-electron chi connectivity index (χ2n) is 5.44. The fraction of sp³-hybridized carbons (Fsp3) is 0.176. The molecule has 0 spiro atoms. The van der Waals surface area contributed by atoms with Crippen molar-refractivity contribution in [2.45, 2.75) is 13.5 Å². The molecule has 0 saturated heterocycles. The van der Waals surface area contributed by atoms with E-state index in [9.17, 15) is 14.9 Å². The third-order valence-electron chi connectivity index (χ3n) is 3.68. The summed E-state index contributed by atoms with van der Waals surface area (Å²) in [6, 6.07) is 8.29. The highest BCUT2D eigenvalue weighted by atomic mass is 32.1. The number of nitrogens with zero attached hydrogens (tertiary/aromatic N) is 2. The monoisotopic (exact) mass is 388 g/mol. The normalized spacial score (nSPS) is 10.5. The number of carbonyl (C=O) groups is 1. The van der Waals surface area contributed by atoms with Crippen LogP contribution in [0.2, 0.25) is 0 Å². The molecule has 0 bridgehead atoms. The van der Waals surface area contributed by atoms with E-state index in [1.165, 1.54) is 12.1 Å². The van der Waals surface area contributed by atoms with Crippen molar-refractivity contribution in [2.24, 2.45) is 0 Å². The molecule has 26 heavy (non-hydrogen) atoms. The number of rotatable bonds is 6. The Labute approximate surface area is 157 Å². The van der Waals surface area contributed by atoms with Crippen LogP contribution in [0, 0.1) is 17.0 Å². The highest BCUT2D eigenvalue weighted by molar-refractivity contribution is 7.16. The van der Waals surface area contributed by atoms with Crippen molar-refractivity contribution in [3.63, 3.8) is 0 Å². The molecule has 0 aliphatic heterocycles. The first-order chi connectivity index (χ1) is 12.5. The largest absolute Gasteiger partial charge is 0.383 e. The van der Waals surface area contributed by atoms with Crippen LogP contribution in [0.1, 0.15) is 20.2 Å². The van der Waals surface area contributed by atoms with Gasteiger partial charge in [0, 0.05) is 28.9 Å². The summed E-state index contributed by atoms with van der Waals surface area (Å²) in [5.74, 6) is -0.352. The number of benzene rings is 1. The van der Waals surface area contributed by atoms with Crippen molar-refractivity contribution in [1.82, 2.24) is 10.3 Å². The Balaban J connectivity index is 1.68. The first kappa shape index (κ1) is 18.0. The Bertz CT molecular complexity index is 965. The van der Waals surface area contributed by atoms with Crippen LogP contribution in [0.3, 0.4) is 0 Å². The Hall–Kier alpha value is -2.78. The third-order valence-corrected chi connectivity index (χ3v) is 5.56. The van der Waals surface area contributed by atoms with Crippen molar-refractivity contribution in [3.8, 4) is 10.6 Å². The predicted molar refractivity (Wildman–Crippen MR) is 104 cm³/mol. The Morgan fingerprint density at radius 2 is 2.12 bits per heavy atom. The lowest BCUT2D eigenvalue weighted by atomic mass is 10.1. The topological polar surface area (TPSA) is 97.2 Å². The van der Waals surface area contributed by atoms with Crippen molar-refractivity contribution in [1.29, 1.82) is 0 Å². The lowest BCUT2D eigenvalue weighted by Crippen LogP contribution is -2.22. The van der Waals surface area contributed by atoms with Gasteiger partial charge in [-0.25, -0.2) is 4.98 Å². The first-order valence-electron chi connectivity index (χ1n) is 7.73. The maximum atomic E-state index is 12.3. The molecule has 2 aromatic heterocycles. The van der Waals surface area contributed by atoms with Crippen LogP contribution in [-0.4, -0.2) is 22.9 Å². The molecule has 0 aliphatic carbocycles. The zero-order valence-corrected chi connectivity index (χ0v) is 15.7. The summed E-state index contributed by atoms with van der Waals surface area (Å²) in [5, 5.41) is 19.7. The van der Waals surface area contributed by atoms with Gasteiger partial charge in [0.1, 0.15) is 5.69 Å². The second-order valence-corrected chi connectivity index (χ2v) is 7.67. The number of thiazole rings is 1. The van der Waals surface area contributed by atoms with E-state index >= 15 is 0 Å². The third kappa shape index (κ3) is 3.89. The minimum absolute atomic E-state index is 0.127. The standard InChI is InChI=1S/C17H16N4O3S2/c1-10-20-14(9-25-10)16-6-4-12(26-16)8-19-17(22)11-3-5-13(18-2)15(7-11)21(23)24/h3-7,9,18H,8H2,1-2H3,(H,19,22). The molecule has 134 valence electrons. The summed E-state index contributed by atoms with van der Waals surface area (Å²) < 4.78 is 0. The van der Waals surface area contributed by atoms with Gasteiger partial charge in [-0.05, 0) is 31.2 Å². The van der Waals surface area contributed by atoms with Gasteiger partial charge in [0.2, 0.25) is 0 Å². The van der Waals surface area contributed by atoms with Gasteiger partial charge in [0.15, 0.2) is 0 Å². The molecule has 0 saturated carbocycles. The first-order valence-corrected chi connectivity index (χ1v) is 9.43. The Morgan fingerprint density at radius 3 is 2.77 bits per heavy atom. The van der Waals surface area contributed by atoms with E-state index in [1.54, 1.807) is 35.8 Å². The van der Waals surface area contributed by atoms with E-state index in [0.717, 1.165) is 20.5 Å². The number of hydrogen-bond acceptors (Lipinski definition) is 7. The molecular weight excluding hydrogens is 372 g/mol. The lowest BCUT2D eigenvalue weighted by Gasteiger charge is -2.06. The van der Waals surface area contributed by atoms with Gasteiger partial charge in [-0.2, -0.15) is 0 Å². The average molecular weight is 388 g/mol. The number of nitro groups is 1. The molecule has 1 aromatic carbocycles. The number of hydrogen-bond donors (Lipinski definition) is 2. The number of nitrogens with one attached hydrogen (secondary N) is 2. The molecule has 7 nitrogen and oxygen atoms in total. The van der Waals surface area contributed by atoms with Crippen LogP contribution in [0.5, 0.6) is 0 Å². The molecule has 0 radical (unpaired) electrons. The van der Waals surface area contributed by atoms with E-state index in [2.05, 4.69) is 15.6 Å². The minimum Gasteiger partial charge on any atom is -0.383 e. The molecule has 2 heterocycles. The van der Waals surface area contributed by atoms with Crippen molar-refractivity contribution in [3.05, 3.63) is 61.3 Å². The summed E-state index contributed by atoms with van der Waals surface area (Å²) in [6.07, 6.45) is 0. The van der Waals surface area contributed by atoms with E-state index in [4.69, 9.17) is 0 Å². The molecule has 2 N–H and O–H groups in total. The quantitative estimate of drug-likeness (QED) is 0.490. The summed E-state index contributed by atoms with van der Waals surface area (Å²) >= 11 is 3.16. The van der Waals surface area contributed by atoms with Gasteiger partial charge >= 0.3 is 0 Å². The SMILES string of the molecule is CNc1ccc(C(=O)NCc2ccc(-c3csc(C)n3)s2)cc1[N+](=O)[O-]. The highest BCUT2D eigenvalue weighted by Gasteiger charge is 2.17. The summed E-state index contributed by atoms with van der Waals surface area (Å²) in [5.41, 5.74) is 1.43. The molecule has 0 atom stereocenters. The number of thiophene rings is 1. The van der Waals surface area contributed by atoms with Gasteiger partial charge in [-0.3, -0.25) is 14.9 Å². The van der Waals surface area contributed by atoms with Crippen LogP contribution < -0.4 is 10.6 Å². The summed E-state index contributed by atoms with van der Waals surface area (Å²) in [7, 11) is 1.60. The summed E-state index contributed by atoms with van der Waals surface area (Å²) in [6.45, 7) is 2.32. The van der Waals surface area contributed by atoms with Crippen molar-refractivity contribution < 1.29 is 9.72 Å². The van der Waals surface area contributed by atoms with Gasteiger partial charge < -0.3 is 10.6 Å². The van der Waals surface area contributed by atoms with E-state index in [-0.39, 0.29) is 17.2 Å². The van der Waals surface area contributed by atoms with E-state index < -0.39 is 4.92 Å². The fourth-order valence-electron chi connectivity index (χ4n) is 2.39. The number of carbonyl (C=O) groups excluding carboxylic acids is 1. The molecule has 0 fully saturated rings. The van der Waals surface area contributed by atoms with Gasteiger partial charge in [-0.1, -0.05) is 0 Å². The van der Waals surface area contributed by atoms with Gasteiger partial charge in [-0.15, -0.1) is 22.7 Å². The predicted octanol–water partition coefficient (Wildman–Crippen LogP) is 4.06. The Kier molecular flexibility index (Phi) is 5.29. The van der Waals surface area contributed by atoms with Gasteiger partial charge in [0.05, 0.1) is 27.0 Å². The summed E-state index contributed by atoms with van der Waals surface area (Å²) in [4.78, 5) is 29.4. The molecule has 3 aromatic rings. The van der Waals surface area contributed by atoms with Crippen LogP contribution in [0.25, 0.3) is 10.6 Å². The maximum absolute atomic E-state index is 12.3. The van der Waals surface area contributed by atoms with Crippen molar-refractivity contribution >= 4 is 40.0 Å². The van der Waals surface area contributed by atoms with Crippen LogP contribution in [-0.2, 0) is 6.54 Å². The van der Waals surface area contributed by atoms with Crippen LogP contribution >= 0.6 is 22.7 Å². The highest BCUT2D eigenvalue weighted by Crippen LogP contribution is 2.29. The molecule has 9 heteroatoms. The number of aryl methyl sites for hydroxylation is 1. The Morgan fingerprint density at radius 1 is 1.31 bits per heavy atom. The minimum atomic E-state index is -0.510. The fourth-order valence-corrected chi connectivity index (χ4v) is 3.99. The van der Waals surface area contributed by atoms with E-state index in [0.29, 0.717) is 12.2 Å². The number of anilines is 1. The molecule has 1 amide bonds. The molecule has 0 aliphatic rings. The smallest absolute Gasteiger partial charge is 0.293 e. The molecular formula is C17H16N4O3S2. The number of amides is 1. The zero-order valence-electron chi connectivity index (χ0n) is 14.1. The molecule has 0 unspecified atom stereocenters. The van der Waals surface area contributed by atoms with Crippen molar-refractivity contribution in [2.75, 3.05) is 12.4 Å². The maximum Gasteiger partial charge on any atom is 0.293 e. The van der Waals surface area contributed by atoms with Gasteiger partial charge in [0.25, 0.3) is 11.6 Å². The van der Waals surface area contributed by atoms with E-state index in [1.807, 2.05) is 24.4 Å². The van der Waals surface area contributed by atoms with Crippen LogP contribution in [0.15, 0.2) is 35.7 Å². The molecule has 3 rings (SSSR count). The zero-order chi connectivity index (χ0) is 18.7. The van der Waals surface area contributed by atoms with Crippen LogP contribution in [0.4, 0.5) is 11.4 Å². The second kappa shape index (κ2) is 7.63. The number of aromatic nitrogens is 1. The average Bonchev–Trinajstić information content (AvgIpc) is 3.27.